The van der Waals surface area contributed by atoms with Crippen molar-refractivity contribution in [1.82, 2.24) is 0 Å². The number of rotatable bonds is 0. The maximum atomic E-state index is 0. The van der Waals surface area contributed by atoms with E-state index in [1.165, 1.54) is 0 Å². The van der Waals surface area contributed by atoms with E-state index in [1.807, 2.05) is 0 Å². The second-order valence-electron chi connectivity index (χ2n) is 0. The summed E-state index contributed by atoms with van der Waals surface area (Å²) in [5, 5.41) is 0. The molecule has 0 unspecified atom stereocenters. The van der Waals surface area contributed by atoms with Gasteiger partial charge in [0.05, 0.1) is 0 Å². The zero-order valence-electron chi connectivity index (χ0n) is 2.47. The Kier molecular flexibility index (Phi) is 533. The van der Waals surface area contributed by atoms with Crippen LogP contribution in [0.4, 0.5) is 0 Å². The molecule has 0 aromatic heterocycles. The monoisotopic (exact) mass is 253 g/mol. The molecular formula is HCeO3Zn. The molecule has 0 aliphatic heterocycles. The standard InChI is InChI=1S/Ce.H2O.2O.Zn/h;1H2;;;/q+3;;2*-2;+2/p-1. The van der Waals surface area contributed by atoms with Gasteiger partial charge in [-0.05, 0) is 0 Å². The summed E-state index contributed by atoms with van der Waals surface area (Å²) in [7, 11) is 0. The van der Waals surface area contributed by atoms with Crippen molar-refractivity contribution in [2.45, 2.75) is 0 Å². The van der Waals surface area contributed by atoms with Crippen molar-refractivity contribution >= 4 is 0 Å². The maximum Gasteiger partial charge on any atom is 3.00 e. The Morgan fingerprint density at radius 3 is 0.800 bits per heavy atom. The Bertz CT molecular complexity index is 6.85. The third-order valence-electron chi connectivity index (χ3n) is 0. The molecule has 3 nitrogen and oxygen atoms in total. The fraction of sp³-hybridized carbons (Fsp3) is 0. The van der Waals surface area contributed by atoms with E-state index in [2.05, 4.69) is 0 Å². The molecule has 0 aliphatic rings. The quantitative estimate of drug-likeness (QED) is 0.540. The smallest absolute Gasteiger partial charge is 2.00 e. The van der Waals surface area contributed by atoms with Gasteiger partial charge in [0.15, 0.2) is 0 Å². The first-order chi connectivity index (χ1) is 0. The summed E-state index contributed by atoms with van der Waals surface area (Å²) >= 11 is 0. The van der Waals surface area contributed by atoms with Gasteiger partial charge >= 0.3 is 61.2 Å². The first kappa shape index (κ1) is 67.3. The maximum absolute atomic E-state index is 0. The minimum absolute atomic E-state index is 0. The third-order valence-corrected chi connectivity index (χ3v) is 0. The predicted molar refractivity (Wildman–Crippen MR) is 3.31 cm³/mol. The molecule has 5 heteroatoms. The van der Waals surface area contributed by atoms with Gasteiger partial charge in [0.2, 0.25) is 0 Å². The van der Waals surface area contributed by atoms with Gasteiger partial charge in [-0.25, -0.2) is 0 Å². The molecule has 0 heterocycles. The SMILES string of the molecule is [Ce+3].[O-2].[O-2].[OH-].[Zn+2]. The molecule has 0 spiro atoms. The first-order valence-electron chi connectivity index (χ1n) is 0. The van der Waals surface area contributed by atoms with Crippen LogP contribution in [0.25, 0.3) is 0 Å². The molecule has 5 heavy (non-hydrogen) atoms. The largest absolute Gasteiger partial charge is 3.00 e. The Morgan fingerprint density at radius 2 is 0.800 bits per heavy atom. The van der Waals surface area contributed by atoms with E-state index in [4.69, 9.17) is 0 Å². The van der Waals surface area contributed by atoms with Gasteiger partial charge in [0, 0.05) is 0 Å². The Hall–Kier alpha value is 1.88. The number of hydrogen-bond donors (Lipinski definition) is 0. The van der Waals surface area contributed by atoms with Crippen molar-refractivity contribution in [3.8, 4) is 0 Å². The summed E-state index contributed by atoms with van der Waals surface area (Å²) in [5.41, 5.74) is 0. The van der Waals surface area contributed by atoms with Crippen LogP contribution in [0.5, 0.6) is 0 Å². The number of hydrogen-bond acceptors (Lipinski definition) is 1. The van der Waals surface area contributed by atoms with Crippen LogP contribution in [0.1, 0.15) is 0 Å². The van der Waals surface area contributed by atoms with Crippen LogP contribution < -0.4 is 0 Å². The van der Waals surface area contributed by atoms with Crippen molar-refractivity contribution < 1.29 is 77.7 Å². The van der Waals surface area contributed by atoms with Gasteiger partial charge in [-0.1, -0.05) is 0 Å². The molecule has 0 amide bonds. The zero-order valence-corrected chi connectivity index (χ0v) is 8.58. The van der Waals surface area contributed by atoms with Crippen LogP contribution in [0.15, 0.2) is 0 Å². The summed E-state index contributed by atoms with van der Waals surface area (Å²) in [5.74, 6) is 0. The summed E-state index contributed by atoms with van der Waals surface area (Å²) in [6.07, 6.45) is 0. The molecule has 25 valence electrons. The Balaban J connectivity index is 0. The van der Waals surface area contributed by atoms with E-state index in [9.17, 15) is 0 Å². The van der Waals surface area contributed by atoms with E-state index in [1.54, 1.807) is 0 Å². The van der Waals surface area contributed by atoms with Crippen molar-refractivity contribution in [2.24, 2.45) is 0 Å². The molecule has 0 aromatic carbocycles. The van der Waals surface area contributed by atoms with Crippen LogP contribution in [-0.4, -0.2) is 5.48 Å². The van der Waals surface area contributed by atoms with Gasteiger partial charge in [0.25, 0.3) is 0 Å². The molecule has 0 aromatic rings. The average Bonchev–Trinajstić information content (AvgIpc) is 0. The van der Waals surface area contributed by atoms with Crippen molar-refractivity contribution in [3.05, 3.63) is 0 Å². The normalized spacial score (nSPS) is 0. The fourth-order valence-corrected chi connectivity index (χ4v) is 0. The van der Waals surface area contributed by atoms with E-state index in [0.717, 1.165) is 0 Å². The van der Waals surface area contributed by atoms with E-state index in [0.29, 0.717) is 0 Å². The molecule has 0 atom stereocenters. The predicted octanol–water partition coefficient (Wildman–Crippen LogP) is -0.417. The zero-order chi connectivity index (χ0) is 0. The Morgan fingerprint density at radius 1 is 0.800 bits per heavy atom. The molecule has 0 saturated heterocycles. The van der Waals surface area contributed by atoms with Gasteiger partial charge in [-0.15, -0.1) is 0 Å². The van der Waals surface area contributed by atoms with E-state index < -0.39 is 0 Å². The van der Waals surface area contributed by atoms with Crippen LogP contribution in [0.3, 0.4) is 0 Å². The molecule has 1 radical (unpaired) electrons. The second kappa shape index (κ2) is 39.6. The van der Waals surface area contributed by atoms with Gasteiger partial charge in [-0.2, -0.15) is 0 Å². The van der Waals surface area contributed by atoms with Crippen LogP contribution >= 0.6 is 0 Å². The van der Waals surface area contributed by atoms with E-state index in [-0.39, 0.29) is 77.7 Å². The minimum Gasteiger partial charge on any atom is -2.00 e. The van der Waals surface area contributed by atoms with Crippen molar-refractivity contribution in [3.63, 3.8) is 0 Å². The van der Waals surface area contributed by atoms with Crippen molar-refractivity contribution in [2.75, 3.05) is 0 Å². The summed E-state index contributed by atoms with van der Waals surface area (Å²) in [6.45, 7) is 0. The minimum atomic E-state index is 0. The van der Waals surface area contributed by atoms with E-state index >= 15 is 0 Å². The van der Waals surface area contributed by atoms with Gasteiger partial charge in [0.1, 0.15) is 0 Å². The van der Waals surface area contributed by atoms with Crippen LogP contribution in [-0.2, 0) is 30.4 Å². The van der Waals surface area contributed by atoms with Crippen LogP contribution in [0, 0.1) is 41.7 Å². The van der Waals surface area contributed by atoms with Crippen LogP contribution in [0.2, 0.25) is 0 Å². The fourth-order valence-electron chi connectivity index (χ4n) is 0. The van der Waals surface area contributed by atoms with Gasteiger partial charge < -0.3 is 16.4 Å². The average molecular weight is 255 g/mol. The first-order valence-corrected chi connectivity index (χ1v) is 0. The molecular weight excluding hydrogens is 254 g/mol. The van der Waals surface area contributed by atoms with Gasteiger partial charge in [-0.3, -0.25) is 0 Å². The summed E-state index contributed by atoms with van der Waals surface area (Å²) < 4.78 is 0. The summed E-state index contributed by atoms with van der Waals surface area (Å²) in [6, 6.07) is 0. The second-order valence-corrected chi connectivity index (χ2v) is 0. The Labute approximate surface area is 76.6 Å². The molecule has 0 rings (SSSR count). The van der Waals surface area contributed by atoms with Crippen molar-refractivity contribution in [1.29, 1.82) is 0 Å². The molecule has 1 N–H and O–H groups in total. The third kappa shape index (κ3) is 25.0. The topological polar surface area (TPSA) is 87.0 Å². The summed E-state index contributed by atoms with van der Waals surface area (Å²) in [4.78, 5) is 0. The molecule has 0 aliphatic carbocycles. The molecule has 0 bridgehead atoms. The molecule has 0 saturated carbocycles. The molecule has 0 fully saturated rings.